The van der Waals surface area contributed by atoms with Gasteiger partial charge in [-0.15, -0.1) is 0 Å². The van der Waals surface area contributed by atoms with Crippen molar-refractivity contribution in [1.29, 1.82) is 0 Å². The molecule has 0 fully saturated rings. The molecule has 114 valence electrons. The van der Waals surface area contributed by atoms with Crippen molar-refractivity contribution in [3.63, 3.8) is 0 Å². The van der Waals surface area contributed by atoms with Crippen molar-refractivity contribution in [2.45, 2.75) is 25.2 Å². The number of allylic oxidation sites excluding steroid dienone is 1. The maximum atomic E-state index is 12.7. The Bertz CT molecular complexity index is 690. The van der Waals surface area contributed by atoms with Crippen LogP contribution < -0.4 is 0 Å². The van der Waals surface area contributed by atoms with E-state index in [0.717, 1.165) is 0 Å². The van der Waals surface area contributed by atoms with Crippen molar-refractivity contribution in [1.82, 2.24) is 0 Å². The van der Waals surface area contributed by atoms with E-state index in [2.05, 4.69) is 4.99 Å². The number of ether oxygens (including phenoxy) is 1. The van der Waals surface area contributed by atoms with E-state index in [4.69, 9.17) is 4.74 Å². The predicted octanol–water partition coefficient (Wildman–Crippen LogP) is 1.56. The zero-order valence-corrected chi connectivity index (χ0v) is 12.4. The Morgan fingerprint density at radius 3 is 2.68 bits per heavy atom. The van der Waals surface area contributed by atoms with Crippen LogP contribution in [0.2, 0.25) is 0 Å². The summed E-state index contributed by atoms with van der Waals surface area (Å²) in [6, 6.07) is 8.74. The number of Topliss-reactive ketones (excluding diaryl/α,β-unsaturated/α-hetero) is 1. The summed E-state index contributed by atoms with van der Waals surface area (Å²) in [6.45, 7) is 3.76. The van der Waals surface area contributed by atoms with E-state index in [9.17, 15) is 14.7 Å². The zero-order chi connectivity index (χ0) is 16.0. The van der Waals surface area contributed by atoms with Gasteiger partial charge in [0.15, 0.2) is 5.78 Å². The second kappa shape index (κ2) is 4.97. The third-order valence-corrected chi connectivity index (χ3v) is 3.81. The Hall–Kier alpha value is -2.11. The highest BCUT2D eigenvalue weighted by atomic mass is 16.6. The molecule has 5 nitrogen and oxygen atoms in total. The number of rotatable bonds is 2. The van der Waals surface area contributed by atoms with Crippen molar-refractivity contribution in [2.75, 3.05) is 6.61 Å². The molecule has 22 heavy (non-hydrogen) atoms. The average Bonchev–Trinajstić information content (AvgIpc) is 2.50. The van der Waals surface area contributed by atoms with Gasteiger partial charge in [0.05, 0.1) is 23.8 Å². The van der Waals surface area contributed by atoms with Crippen LogP contribution in [0, 0.1) is 5.92 Å². The molecule has 2 unspecified atom stereocenters. The third kappa shape index (κ3) is 2.32. The summed E-state index contributed by atoms with van der Waals surface area (Å²) >= 11 is 0. The minimum atomic E-state index is -2.13. The average molecular weight is 299 g/mol. The lowest BCUT2D eigenvalue weighted by atomic mass is 9.81. The Morgan fingerprint density at radius 1 is 1.32 bits per heavy atom. The quantitative estimate of drug-likeness (QED) is 0.841. The van der Waals surface area contributed by atoms with E-state index in [-0.39, 0.29) is 18.1 Å². The molecule has 0 aromatic heterocycles. The minimum absolute atomic E-state index is 0.0742. The standard InChI is InChI=1S/C17H17NO4/c1-16(2)10-22-17(21)13(19)9-8-12(15(17)18-16)14(20)11-6-4-3-5-7-11/h3-9,12,21H,10H2,1-2H3. The van der Waals surface area contributed by atoms with Gasteiger partial charge in [0.25, 0.3) is 5.79 Å². The van der Waals surface area contributed by atoms with Crippen LogP contribution in [-0.4, -0.2) is 40.3 Å². The van der Waals surface area contributed by atoms with E-state index >= 15 is 0 Å². The van der Waals surface area contributed by atoms with Gasteiger partial charge in [-0.1, -0.05) is 36.4 Å². The Labute approximate surface area is 128 Å². The number of ketones is 2. The molecule has 1 aromatic carbocycles. The summed E-state index contributed by atoms with van der Waals surface area (Å²) in [4.78, 5) is 29.2. The normalized spacial score (nSPS) is 29.7. The molecule has 0 spiro atoms. The summed E-state index contributed by atoms with van der Waals surface area (Å²) < 4.78 is 5.38. The molecule has 1 aliphatic heterocycles. The van der Waals surface area contributed by atoms with Crippen molar-refractivity contribution in [3.05, 3.63) is 48.0 Å². The first kappa shape index (κ1) is 14.8. The van der Waals surface area contributed by atoms with Crippen LogP contribution in [0.1, 0.15) is 24.2 Å². The predicted molar refractivity (Wildman–Crippen MR) is 80.8 cm³/mol. The van der Waals surface area contributed by atoms with Crippen LogP contribution >= 0.6 is 0 Å². The van der Waals surface area contributed by atoms with Gasteiger partial charge in [0, 0.05) is 5.56 Å². The molecule has 3 rings (SSSR count). The highest BCUT2D eigenvalue weighted by Gasteiger charge is 2.52. The van der Waals surface area contributed by atoms with Gasteiger partial charge < -0.3 is 9.84 Å². The fourth-order valence-corrected chi connectivity index (χ4v) is 2.65. The van der Waals surface area contributed by atoms with Gasteiger partial charge in [0.2, 0.25) is 5.78 Å². The van der Waals surface area contributed by atoms with Crippen LogP contribution in [-0.2, 0) is 9.53 Å². The van der Waals surface area contributed by atoms with Gasteiger partial charge in [-0.05, 0) is 19.9 Å². The monoisotopic (exact) mass is 299 g/mol. The molecule has 0 radical (unpaired) electrons. The molecule has 0 saturated heterocycles. The van der Waals surface area contributed by atoms with E-state index < -0.39 is 23.0 Å². The number of carbonyl (C=O) groups is 2. The molecule has 1 N–H and O–H groups in total. The maximum Gasteiger partial charge on any atom is 0.272 e. The van der Waals surface area contributed by atoms with Gasteiger partial charge in [0.1, 0.15) is 0 Å². The topological polar surface area (TPSA) is 76.0 Å². The van der Waals surface area contributed by atoms with Crippen LogP contribution in [0.15, 0.2) is 47.5 Å². The molecule has 1 aromatic rings. The van der Waals surface area contributed by atoms with Gasteiger partial charge in [-0.3, -0.25) is 14.6 Å². The number of aliphatic imine (C=N–C) groups is 1. The lowest BCUT2D eigenvalue weighted by molar-refractivity contribution is -0.181. The zero-order valence-electron chi connectivity index (χ0n) is 12.4. The smallest absolute Gasteiger partial charge is 0.272 e. The fourth-order valence-electron chi connectivity index (χ4n) is 2.65. The first-order valence-corrected chi connectivity index (χ1v) is 7.12. The number of carbonyl (C=O) groups excluding carboxylic acids is 2. The lowest BCUT2D eigenvalue weighted by Crippen LogP contribution is -2.59. The fraction of sp³-hybridized carbons (Fsp3) is 0.353. The van der Waals surface area contributed by atoms with Crippen LogP contribution in [0.25, 0.3) is 0 Å². The highest BCUT2D eigenvalue weighted by molar-refractivity contribution is 6.27. The summed E-state index contributed by atoms with van der Waals surface area (Å²) in [5.41, 5.74) is -0.0209. The lowest BCUT2D eigenvalue weighted by Gasteiger charge is -2.40. The number of aliphatic hydroxyl groups is 1. The summed E-state index contributed by atoms with van der Waals surface area (Å²) in [7, 11) is 0. The van der Waals surface area contributed by atoms with Gasteiger partial charge in [-0.25, -0.2) is 0 Å². The molecule has 0 saturated carbocycles. The summed E-state index contributed by atoms with van der Waals surface area (Å²) in [5.74, 6) is -3.74. The molecule has 2 aliphatic rings. The van der Waals surface area contributed by atoms with Crippen molar-refractivity contribution in [2.24, 2.45) is 10.9 Å². The molecule has 0 bridgehead atoms. The molecule has 0 amide bonds. The molecule has 5 heteroatoms. The van der Waals surface area contributed by atoms with E-state index in [1.54, 1.807) is 24.3 Å². The van der Waals surface area contributed by atoms with Gasteiger partial charge in [-0.2, -0.15) is 0 Å². The van der Waals surface area contributed by atoms with Crippen LogP contribution in [0.5, 0.6) is 0 Å². The summed E-state index contributed by atoms with van der Waals surface area (Å²) in [5, 5.41) is 10.6. The molecule has 1 heterocycles. The minimum Gasteiger partial charge on any atom is -0.355 e. The Morgan fingerprint density at radius 2 is 2.00 bits per heavy atom. The van der Waals surface area contributed by atoms with Crippen LogP contribution in [0.4, 0.5) is 0 Å². The van der Waals surface area contributed by atoms with E-state index in [1.165, 1.54) is 12.2 Å². The van der Waals surface area contributed by atoms with Crippen molar-refractivity contribution >= 4 is 17.3 Å². The summed E-state index contributed by atoms with van der Waals surface area (Å²) in [6.07, 6.45) is 2.68. The van der Waals surface area contributed by atoms with Gasteiger partial charge >= 0.3 is 0 Å². The SMILES string of the molecule is CC1(C)COC2(O)C(=O)C=CC(C(=O)c3ccccc3)C2=N1. The number of hydrogen-bond acceptors (Lipinski definition) is 5. The van der Waals surface area contributed by atoms with Crippen molar-refractivity contribution < 1.29 is 19.4 Å². The Kier molecular flexibility index (Phi) is 3.34. The number of benzene rings is 1. The molecular weight excluding hydrogens is 282 g/mol. The number of hydrogen-bond donors (Lipinski definition) is 1. The largest absolute Gasteiger partial charge is 0.355 e. The first-order valence-electron chi connectivity index (χ1n) is 7.12. The maximum absolute atomic E-state index is 12.7. The highest BCUT2D eigenvalue weighted by Crippen LogP contribution is 2.33. The molecule has 1 aliphatic carbocycles. The molecule has 2 atom stereocenters. The second-order valence-electron chi connectivity index (χ2n) is 6.17. The second-order valence-corrected chi connectivity index (χ2v) is 6.17. The Balaban J connectivity index is 2.08. The number of nitrogens with zero attached hydrogens (tertiary/aromatic N) is 1. The molecular formula is C17H17NO4. The van der Waals surface area contributed by atoms with E-state index in [0.29, 0.717) is 5.56 Å². The van der Waals surface area contributed by atoms with Crippen molar-refractivity contribution in [3.8, 4) is 0 Å². The number of fused-ring (bicyclic) bond motifs is 1. The van der Waals surface area contributed by atoms with E-state index in [1.807, 2.05) is 19.9 Å². The first-order chi connectivity index (χ1) is 10.3. The third-order valence-electron chi connectivity index (χ3n) is 3.81. The van der Waals surface area contributed by atoms with Crippen LogP contribution in [0.3, 0.4) is 0 Å².